The van der Waals surface area contributed by atoms with E-state index < -0.39 is 17.5 Å². The van der Waals surface area contributed by atoms with Gasteiger partial charge in [-0.25, -0.2) is 9.78 Å². The number of nitrogens with one attached hydrogen (secondary N) is 2. The zero-order chi connectivity index (χ0) is 24.0. The molecule has 3 aromatic rings. The summed E-state index contributed by atoms with van der Waals surface area (Å²) in [4.78, 5) is 43.8. The maximum absolute atomic E-state index is 13.1. The summed E-state index contributed by atoms with van der Waals surface area (Å²) in [6.07, 6.45) is 0. The fourth-order valence-corrected chi connectivity index (χ4v) is 4.81. The van der Waals surface area contributed by atoms with Crippen LogP contribution in [0.3, 0.4) is 0 Å². The van der Waals surface area contributed by atoms with Gasteiger partial charge in [0.05, 0.1) is 36.5 Å². The highest BCUT2D eigenvalue weighted by molar-refractivity contribution is 7.22. The van der Waals surface area contributed by atoms with Crippen LogP contribution in [0.4, 0.5) is 9.93 Å². The Hall–Kier alpha value is -4.30. The van der Waals surface area contributed by atoms with Gasteiger partial charge in [0.15, 0.2) is 5.13 Å². The van der Waals surface area contributed by atoms with Crippen molar-refractivity contribution >= 4 is 44.5 Å². The first-order valence-corrected chi connectivity index (χ1v) is 11.0. The van der Waals surface area contributed by atoms with E-state index in [1.165, 1.54) is 30.5 Å². The van der Waals surface area contributed by atoms with Crippen molar-refractivity contribution in [1.29, 1.82) is 0 Å². The number of benzene rings is 2. The van der Waals surface area contributed by atoms with Crippen LogP contribution in [0.1, 0.15) is 21.5 Å². The van der Waals surface area contributed by atoms with Crippen molar-refractivity contribution in [3.63, 3.8) is 0 Å². The van der Waals surface area contributed by atoms with E-state index in [0.29, 0.717) is 33.3 Å². The van der Waals surface area contributed by atoms with Crippen molar-refractivity contribution in [3.8, 4) is 23.3 Å². The number of nitrogens with two attached hydrogens (primary N) is 1. The van der Waals surface area contributed by atoms with E-state index in [1.807, 2.05) is 0 Å². The molecule has 172 valence electrons. The van der Waals surface area contributed by atoms with Crippen LogP contribution >= 0.6 is 11.3 Å². The lowest BCUT2D eigenvalue weighted by molar-refractivity contribution is -0.122. The lowest BCUT2D eigenvalue weighted by atomic mass is 9.99. The van der Waals surface area contributed by atoms with Crippen LogP contribution < -0.4 is 25.8 Å². The number of amides is 4. The summed E-state index contributed by atoms with van der Waals surface area (Å²) in [6, 6.07) is 8.02. The molecule has 2 aliphatic heterocycles. The Kier molecular flexibility index (Phi) is 5.02. The number of imide groups is 1. The molecule has 10 nitrogen and oxygen atoms in total. The molecule has 1 saturated heterocycles. The summed E-state index contributed by atoms with van der Waals surface area (Å²) in [7, 11) is 3.05. The summed E-state index contributed by atoms with van der Waals surface area (Å²) in [5.41, 5.74) is 6.55. The van der Waals surface area contributed by atoms with E-state index in [4.69, 9.17) is 15.2 Å². The van der Waals surface area contributed by atoms with Crippen molar-refractivity contribution in [3.05, 3.63) is 47.0 Å². The van der Waals surface area contributed by atoms with Crippen LogP contribution in [-0.4, -0.2) is 54.0 Å². The van der Waals surface area contributed by atoms with Gasteiger partial charge in [0.1, 0.15) is 11.5 Å². The van der Waals surface area contributed by atoms with E-state index in [1.54, 1.807) is 30.3 Å². The molecule has 0 saturated carbocycles. The molecule has 1 fully saturated rings. The lowest BCUT2D eigenvalue weighted by Gasteiger charge is -2.26. The van der Waals surface area contributed by atoms with Gasteiger partial charge >= 0.3 is 6.03 Å². The number of fused-ring (bicyclic) bond motifs is 2. The number of thiazole rings is 1. The molecular formula is C23H19N5O5S. The summed E-state index contributed by atoms with van der Waals surface area (Å²) >= 11 is 1.28. The molecule has 2 aliphatic rings. The van der Waals surface area contributed by atoms with Gasteiger partial charge in [0.25, 0.3) is 11.8 Å². The molecule has 1 aromatic heterocycles. The maximum atomic E-state index is 13.1. The lowest BCUT2D eigenvalue weighted by Crippen LogP contribution is -2.54. The minimum atomic E-state index is -1.64. The summed E-state index contributed by atoms with van der Waals surface area (Å²) in [5.74, 6) is 6.05. The number of hydrogen-bond acceptors (Lipinski definition) is 8. The van der Waals surface area contributed by atoms with Crippen LogP contribution in [0.2, 0.25) is 0 Å². The number of anilines is 1. The average Bonchev–Trinajstić information content (AvgIpc) is 3.44. The van der Waals surface area contributed by atoms with Crippen molar-refractivity contribution in [2.45, 2.75) is 12.1 Å². The molecule has 0 spiro atoms. The quantitative estimate of drug-likeness (QED) is 0.383. The summed E-state index contributed by atoms with van der Waals surface area (Å²) in [6.45, 7) is 0.135. The Morgan fingerprint density at radius 2 is 1.97 bits per heavy atom. The van der Waals surface area contributed by atoms with Gasteiger partial charge in [-0.3, -0.25) is 14.9 Å². The van der Waals surface area contributed by atoms with Crippen LogP contribution in [0.25, 0.3) is 10.2 Å². The third-order valence-corrected chi connectivity index (χ3v) is 6.53. The second-order valence-electron chi connectivity index (χ2n) is 7.82. The number of rotatable bonds is 4. The number of urea groups is 1. The average molecular weight is 478 g/mol. The van der Waals surface area contributed by atoms with E-state index in [0.717, 1.165) is 10.3 Å². The van der Waals surface area contributed by atoms with Gasteiger partial charge in [-0.05, 0) is 29.8 Å². The number of carbonyl (C=O) groups is 3. The van der Waals surface area contributed by atoms with Crippen molar-refractivity contribution in [2.75, 3.05) is 26.5 Å². The minimum absolute atomic E-state index is 0.139. The molecule has 0 radical (unpaired) electrons. The molecule has 5 rings (SSSR count). The second-order valence-corrected chi connectivity index (χ2v) is 8.88. The van der Waals surface area contributed by atoms with Gasteiger partial charge in [0, 0.05) is 12.1 Å². The first-order chi connectivity index (χ1) is 16.3. The van der Waals surface area contributed by atoms with Crippen molar-refractivity contribution in [1.82, 2.24) is 20.5 Å². The van der Waals surface area contributed by atoms with Gasteiger partial charge < -0.3 is 25.4 Å². The number of hydrogen-bond donors (Lipinski definition) is 3. The van der Waals surface area contributed by atoms with E-state index in [9.17, 15) is 14.4 Å². The smallest absolute Gasteiger partial charge is 0.323 e. The molecule has 4 N–H and O–H groups in total. The molecule has 0 aliphatic carbocycles. The Labute approximate surface area is 198 Å². The minimum Gasteiger partial charge on any atom is -0.497 e. The molecule has 0 bridgehead atoms. The number of methoxy groups -OCH3 is 2. The Balaban J connectivity index is 1.53. The predicted molar refractivity (Wildman–Crippen MR) is 125 cm³/mol. The topological polar surface area (TPSA) is 136 Å². The maximum Gasteiger partial charge on any atom is 0.323 e. The van der Waals surface area contributed by atoms with Crippen molar-refractivity contribution < 1.29 is 23.9 Å². The molecule has 3 heterocycles. The highest BCUT2D eigenvalue weighted by Crippen LogP contribution is 2.31. The first kappa shape index (κ1) is 21.5. The zero-order valence-electron chi connectivity index (χ0n) is 18.2. The van der Waals surface area contributed by atoms with Crippen LogP contribution in [0, 0.1) is 11.8 Å². The molecular weight excluding hydrogens is 458 g/mol. The van der Waals surface area contributed by atoms with E-state index >= 15 is 0 Å². The standard InChI is InChI=1S/C23H19N5O5S/c1-32-14-4-3-13-10-28(19(29)16(13)8-14)11-23(20(30)26-22(31)27-23)6-5-12-7-15(33-2)9-17-18(12)25-21(24)34-17/h3-4,7-9H,10-11H2,1-2H3,(H2,24,25)(H2,26,27,30,31)/t23-/m1/s1. The highest BCUT2D eigenvalue weighted by atomic mass is 32.1. The fourth-order valence-electron chi connectivity index (χ4n) is 4.02. The second kappa shape index (κ2) is 7.93. The van der Waals surface area contributed by atoms with Crippen LogP contribution in [-0.2, 0) is 11.3 Å². The third kappa shape index (κ3) is 3.54. The molecule has 11 heteroatoms. The van der Waals surface area contributed by atoms with Crippen LogP contribution in [0.15, 0.2) is 30.3 Å². The molecule has 2 aromatic carbocycles. The van der Waals surface area contributed by atoms with Crippen LogP contribution in [0.5, 0.6) is 11.5 Å². The number of aromatic nitrogens is 1. The number of nitrogens with zero attached hydrogens (tertiary/aromatic N) is 2. The fraction of sp³-hybridized carbons (Fsp3) is 0.217. The van der Waals surface area contributed by atoms with E-state index in [2.05, 4.69) is 27.5 Å². The monoisotopic (exact) mass is 477 g/mol. The molecule has 4 amide bonds. The van der Waals surface area contributed by atoms with Gasteiger partial charge in [-0.1, -0.05) is 29.2 Å². The number of ether oxygens (including phenoxy) is 2. The summed E-state index contributed by atoms with van der Waals surface area (Å²) < 4.78 is 11.3. The Morgan fingerprint density at radius 1 is 1.18 bits per heavy atom. The first-order valence-electron chi connectivity index (χ1n) is 10.2. The zero-order valence-corrected chi connectivity index (χ0v) is 19.0. The SMILES string of the molecule is COc1ccc2c(c1)C(=O)N(C[C@@]1(C#Cc3cc(OC)cc4sc(N)nc34)NC(=O)NC1=O)C2. The third-order valence-electron chi connectivity index (χ3n) is 5.70. The van der Waals surface area contributed by atoms with Gasteiger partial charge in [-0.2, -0.15) is 0 Å². The number of carbonyl (C=O) groups excluding carboxylic acids is 3. The molecule has 1 atom stereocenters. The normalized spacial score (nSPS) is 18.9. The number of nitrogen functional groups attached to an aromatic ring is 1. The van der Waals surface area contributed by atoms with Crippen molar-refractivity contribution in [2.24, 2.45) is 0 Å². The molecule has 34 heavy (non-hydrogen) atoms. The summed E-state index contributed by atoms with van der Waals surface area (Å²) in [5, 5.41) is 5.19. The largest absolute Gasteiger partial charge is 0.497 e. The van der Waals surface area contributed by atoms with Gasteiger partial charge in [-0.15, -0.1) is 0 Å². The predicted octanol–water partition coefficient (Wildman–Crippen LogP) is 1.48. The Morgan fingerprint density at radius 3 is 2.68 bits per heavy atom. The highest BCUT2D eigenvalue weighted by Gasteiger charge is 2.48. The Bertz CT molecular complexity index is 1440. The van der Waals surface area contributed by atoms with Gasteiger partial charge in [0.2, 0.25) is 5.54 Å². The van der Waals surface area contributed by atoms with E-state index in [-0.39, 0.29) is 19.0 Å². The molecule has 0 unspecified atom stereocenters.